The molecule has 2 nitrogen and oxygen atoms in total. The van der Waals surface area contributed by atoms with Crippen LogP contribution in [0.4, 0.5) is 5.69 Å². The van der Waals surface area contributed by atoms with Crippen LogP contribution in [0.5, 0.6) is 0 Å². The Morgan fingerprint density at radius 1 is 1.60 bits per heavy atom. The van der Waals surface area contributed by atoms with Gasteiger partial charge >= 0.3 is 0 Å². The van der Waals surface area contributed by atoms with Gasteiger partial charge in [0.1, 0.15) is 4.60 Å². The average Bonchev–Trinajstić information content (AvgIpc) is 2.19. The Hall–Kier alpha value is -0.830. The third-order valence-corrected chi connectivity index (χ3v) is 2.70. The van der Waals surface area contributed by atoms with Crippen LogP contribution in [0.1, 0.15) is 25.5 Å². The summed E-state index contributed by atoms with van der Waals surface area (Å²) in [4.78, 5) is 4.34. The summed E-state index contributed by atoms with van der Waals surface area (Å²) in [5.74, 6) is 0. The summed E-state index contributed by atoms with van der Waals surface area (Å²) >= 11 is 3.35. The van der Waals surface area contributed by atoms with Crippen molar-refractivity contribution in [1.82, 2.24) is 4.98 Å². The lowest BCUT2D eigenvalue weighted by Gasteiger charge is -2.15. The third-order valence-electron chi connectivity index (χ3n) is 2.26. The molecule has 3 heteroatoms. The molecule has 1 aromatic heterocycles. The summed E-state index contributed by atoms with van der Waals surface area (Å²) in [7, 11) is 0. The zero-order valence-corrected chi connectivity index (χ0v) is 10.8. The van der Waals surface area contributed by atoms with E-state index in [1.54, 1.807) is 0 Å². The minimum Gasteiger partial charge on any atom is -0.381 e. The van der Waals surface area contributed by atoms with Gasteiger partial charge in [-0.05, 0) is 54.8 Å². The molecule has 0 saturated carbocycles. The lowest BCUT2D eigenvalue weighted by atomic mass is 10.1. The number of anilines is 1. The minimum absolute atomic E-state index is 0.449. The highest BCUT2D eigenvalue weighted by atomic mass is 79.9. The first-order chi connectivity index (χ1) is 7.13. The molecule has 0 aliphatic rings. The van der Waals surface area contributed by atoms with Crippen molar-refractivity contribution < 1.29 is 0 Å². The van der Waals surface area contributed by atoms with E-state index in [0.29, 0.717) is 6.04 Å². The molecule has 1 aromatic rings. The molecule has 1 N–H and O–H groups in total. The molecule has 0 aliphatic heterocycles. The zero-order valence-electron chi connectivity index (χ0n) is 9.26. The fourth-order valence-corrected chi connectivity index (χ4v) is 1.79. The van der Waals surface area contributed by atoms with Gasteiger partial charge < -0.3 is 5.32 Å². The molecule has 1 heterocycles. The minimum atomic E-state index is 0.449. The van der Waals surface area contributed by atoms with Gasteiger partial charge in [0.15, 0.2) is 0 Å². The van der Waals surface area contributed by atoms with Crippen molar-refractivity contribution in [2.75, 3.05) is 5.32 Å². The van der Waals surface area contributed by atoms with Gasteiger partial charge in [0, 0.05) is 6.04 Å². The Balaban J connectivity index is 2.59. The third kappa shape index (κ3) is 4.04. The van der Waals surface area contributed by atoms with Crippen LogP contribution < -0.4 is 5.32 Å². The number of hydrogen-bond donors (Lipinski definition) is 1. The highest BCUT2D eigenvalue weighted by molar-refractivity contribution is 9.10. The van der Waals surface area contributed by atoms with E-state index in [-0.39, 0.29) is 0 Å². The second-order valence-corrected chi connectivity index (χ2v) is 4.49. The molecule has 1 unspecified atom stereocenters. The fraction of sp³-hybridized carbons (Fsp3) is 0.417. The van der Waals surface area contributed by atoms with Crippen molar-refractivity contribution in [3.8, 4) is 0 Å². The monoisotopic (exact) mass is 268 g/mol. The van der Waals surface area contributed by atoms with E-state index in [4.69, 9.17) is 0 Å². The number of hydrogen-bond acceptors (Lipinski definition) is 2. The molecule has 0 fully saturated rings. The normalized spacial score (nSPS) is 12.2. The van der Waals surface area contributed by atoms with Crippen molar-refractivity contribution in [2.45, 2.75) is 32.7 Å². The molecule has 0 aliphatic carbocycles. The Morgan fingerprint density at radius 2 is 2.33 bits per heavy atom. The fourth-order valence-electron chi connectivity index (χ4n) is 1.39. The quantitative estimate of drug-likeness (QED) is 0.647. The molecule has 82 valence electrons. The lowest BCUT2D eigenvalue weighted by molar-refractivity contribution is 0.717. The lowest BCUT2D eigenvalue weighted by Crippen LogP contribution is -2.15. The van der Waals surface area contributed by atoms with Crippen LogP contribution >= 0.6 is 15.9 Å². The van der Waals surface area contributed by atoms with Gasteiger partial charge in [-0.15, -0.1) is 6.58 Å². The number of rotatable bonds is 5. The summed E-state index contributed by atoms with van der Waals surface area (Å²) in [5, 5.41) is 3.44. The molecular formula is C12H17BrN2. The summed E-state index contributed by atoms with van der Waals surface area (Å²) in [6.45, 7) is 7.90. The van der Waals surface area contributed by atoms with E-state index in [1.807, 2.05) is 19.1 Å². The standard InChI is InChI=1S/C12H17BrN2/c1-4-5-6-9(2)14-11-7-8-12(13)15-10(11)3/h4,7-9,14H,1,5-6H2,2-3H3. The average molecular weight is 269 g/mol. The van der Waals surface area contributed by atoms with Crippen molar-refractivity contribution in [1.29, 1.82) is 0 Å². The molecular weight excluding hydrogens is 252 g/mol. The number of allylic oxidation sites excluding steroid dienone is 1. The molecule has 0 amide bonds. The van der Waals surface area contributed by atoms with Gasteiger partial charge in [0.2, 0.25) is 0 Å². The first-order valence-electron chi connectivity index (χ1n) is 5.14. The molecule has 1 atom stereocenters. The van der Waals surface area contributed by atoms with Gasteiger partial charge in [-0.25, -0.2) is 4.98 Å². The number of aromatic nitrogens is 1. The van der Waals surface area contributed by atoms with Crippen LogP contribution in [0.3, 0.4) is 0 Å². The van der Waals surface area contributed by atoms with Gasteiger partial charge in [0.05, 0.1) is 11.4 Å². The maximum absolute atomic E-state index is 4.34. The highest BCUT2D eigenvalue weighted by Gasteiger charge is 2.04. The van der Waals surface area contributed by atoms with Gasteiger partial charge in [-0.3, -0.25) is 0 Å². The summed E-state index contributed by atoms with van der Waals surface area (Å²) < 4.78 is 0.879. The molecule has 0 radical (unpaired) electrons. The predicted molar refractivity (Wildman–Crippen MR) is 69.2 cm³/mol. The Labute approximate surface area is 99.9 Å². The van der Waals surface area contributed by atoms with Gasteiger partial charge in [-0.1, -0.05) is 6.08 Å². The topological polar surface area (TPSA) is 24.9 Å². The Kier molecular flexibility index (Phi) is 4.82. The first kappa shape index (κ1) is 12.2. The van der Waals surface area contributed by atoms with Crippen LogP contribution in [0, 0.1) is 6.92 Å². The maximum Gasteiger partial charge on any atom is 0.106 e. The van der Waals surface area contributed by atoms with Crippen LogP contribution in [0.15, 0.2) is 29.4 Å². The second-order valence-electron chi connectivity index (χ2n) is 3.68. The van der Waals surface area contributed by atoms with Crippen LogP contribution in [0.2, 0.25) is 0 Å². The van der Waals surface area contributed by atoms with Crippen LogP contribution in [0.25, 0.3) is 0 Å². The summed E-state index contributed by atoms with van der Waals surface area (Å²) in [6, 6.07) is 4.46. The largest absolute Gasteiger partial charge is 0.381 e. The summed E-state index contributed by atoms with van der Waals surface area (Å²) in [6.07, 6.45) is 4.08. The van der Waals surface area contributed by atoms with Crippen LogP contribution in [-0.4, -0.2) is 11.0 Å². The number of nitrogens with zero attached hydrogens (tertiary/aromatic N) is 1. The van der Waals surface area contributed by atoms with E-state index >= 15 is 0 Å². The van der Waals surface area contributed by atoms with E-state index in [1.165, 1.54) is 0 Å². The van der Waals surface area contributed by atoms with Crippen molar-refractivity contribution in [2.24, 2.45) is 0 Å². The molecule has 1 rings (SSSR count). The van der Waals surface area contributed by atoms with E-state index in [2.05, 4.69) is 45.8 Å². The predicted octanol–water partition coefficient (Wildman–Crippen LogP) is 3.92. The van der Waals surface area contributed by atoms with Crippen LogP contribution in [-0.2, 0) is 0 Å². The van der Waals surface area contributed by atoms with Crippen molar-refractivity contribution in [3.63, 3.8) is 0 Å². The second kappa shape index (κ2) is 5.91. The highest BCUT2D eigenvalue weighted by Crippen LogP contribution is 2.17. The first-order valence-corrected chi connectivity index (χ1v) is 5.93. The van der Waals surface area contributed by atoms with Gasteiger partial charge in [0.25, 0.3) is 0 Å². The zero-order chi connectivity index (χ0) is 11.3. The SMILES string of the molecule is C=CCCC(C)Nc1ccc(Br)nc1C. The molecule has 0 spiro atoms. The number of nitrogens with one attached hydrogen (secondary N) is 1. The van der Waals surface area contributed by atoms with E-state index in [0.717, 1.165) is 28.8 Å². The van der Waals surface area contributed by atoms with Gasteiger partial charge in [-0.2, -0.15) is 0 Å². The number of aryl methyl sites for hydroxylation is 1. The van der Waals surface area contributed by atoms with E-state index in [9.17, 15) is 0 Å². The summed E-state index contributed by atoms with van der Waals surface area (Å²) in [5.41, 5.74) is 2.13. The molecule has 0 bridgehead atoms. The van der Waals surface area contributed by atoms with E-state index < -0.39 is 0 Å². The maximum atomic E-state index is 4.34. The number of halogens is 1. The van der Waals surface area contributed by atoms with Crippen molar-refractivity contribution in [3.05, 3.63) is 35.1 Å². The smallest absolute Gasteiger partial charge is 0.106 e. The molecule has 0 aromatic carbocycles. The Bertz CT molecular complexity index is 336. The number of pyridine rings is 1. The molecule has 0 saturated heterocycles. The molecule has 15 heavy (non-hydrogen) atoms. The Morgan fingerprint density at radius 3 is 2.93 bits per heavy atom. The van der Waals surface area contributed by atoms with Crippen molar-refractivity contribution >= 4 is 21.6 Å².